The minimum Gasteiger partial charge on any atom is -0.396 e. The summed E-state index contributed by atoms with van der Waals surface area (Å²) in [6.45, 7) is 0.402. The highest BCUT2D eigenvalue weighted by molar-refractivity contribution is 14.1. The predicted molar refractivity (Wildman–Crippen MR) is 169 cm³/mol. The average Bonchev–Trinajstić information content (AvgIpc) is 3.73. The van der Waals surface area contributed by atoms with Gasteiger partial charge in [0, 0.05) is 6.61 Å². The van der Waals surface area contributed by atoms with Crippen LogP contribution in [0.25, 0.3) is 0 Å². The predicted octanol–water partition coefficient (Wildman–Crippen LogP) is 8.98. The second-order valence-electron chi connectivity index (χ2n) is 14.2. The number of fused-ring (bicyclic) bond motifs is 8. The summed E-state index contributed by atoms with van der Waals surface area (Å²) in [6, 6.07) is 0. The molecule has 4 bridgehead atoms. The van der Waals surface area contributed by atoms with Crippen molar-refractivity contribution in [2.24, 2.45) is 71.0 Å². The first-order valence-corrected chi connectivity index (χ1v) is 18.8. The molecule has 0 aliphatic heterocycles. The molecule has 5 aliphatic rings. The molecule has 0 saturated heterocycles. The van der Waals surface area contributed by atoms with Crippen molar-refractivity contribution in [3.05, 3.63) is 0 Å². The van der Waals surface area contributed by atoms with E-state index in [4.69, 9.17) is 12.6 Å². The lowest BCUT2D eigenvalue weighted by Gasteiger charge is -2.22. The molecule has 5 saturated carbocycles. The fraction of sp³-hybridized carbons (Fsp3) is 1.00. The Balaban J connectivity index is 1.36. The minimum atomic E-state index is 0.402. The minimum absolute atomic E-state index is 0.402. The molecule has 12 unspecified atom stereocenters. The van der Waals surface area contributed by atoms with Crippen LogP contribution in [-0.4, -0.2) is 27.6 Å². The smallest absolute Gasteiger partial charge is 0.0433 e. The van der Waals surface area contributed by atoms with Gasteiger partial charge in [0.15, 0.2) is 0 Å². The second kappa shape index (κ2) is 13.8. The normalized spacial score (nSPS) is 47.0. The lowest BCUT2D eigenvalue weighted by atomic mass is 9.84. The van der Waals surface area contributed by atoms with Crippen molar-refractivity contribution in [3.8, 4) is 0 Å². The standard InChI is InChI=1S/C32H55IOS2/c33-9-5-27-29-17-21-1-2-22(14-25(13-21)6-10-34)19-31-28(8-12-36)32(31)20-24-4-3-23(18-30(27)29)15-26(16-24)7-11-35/h21-32,34-36H,1-20H2. The van der Waals surface area contributed by atoms with Crippen LogP contribution in [0.4, 0.5) is 0 Å². The molecule has 1 nitrogen and oxygen atoms in total. The third-order valence-corrected chi connectivity index (χ3v) is 13.2. The van der Waals surface area contributed by atoms with Crippen LogP contribution in [-0.2, 0) is 0 Å². The van der Waals surface area contributed by atoms with Crippen molar-refractivity contribution in [1.29, 1.82) is 0 Å². The van der Waals surface area contributed by atoms with Gasteiger partial charge < -0.3 is 5.11 Å². The Morgan fingerprint density at radius 3 is 1.28 bits per heavy atom. The topological polar surface area (TPSA) is 20.2 Å². The zero-order valence-electron chi connectivity index (χ0n) is 22.8. The van der Waals surface area contributed by atoms with Crippen LogP contribution >= 0.6 is 47.8 Å². The second-order valence-corrected chi connectivity index (χ2v) is 16.2. The molecule has 0 amide bonds. The van der Waals surface area contributed by atoms with Gasteiger partial charge in [0.2, 0.25) is 0 Å². The van der Waals surface area contributed by atoms with Gasteiger partial charge in [-0.25, -0.2) is 0 Å². The largest absolute Gasteiger partial charge is 0.396 e. The monoisotopic (exact) mass is 646 g/mol. The fourth-order valence-electron chi connectivity index (χ4n) is 10.3. The summed E-state index contributed by atoms with van der Waals surface area (Å²) in [4.78, 5) is 0. The van der Waals surface area contributed by atoms with E-state index in [-0.39, 0.29) is 0 Å². The highest BCUT2D eigenvalue weighted by Crippen LogP contribution is 2.60. The number of rotatable bonds is 8. The number of alkyl halides is 1. The van der Waals surface area contributed by atoms with E-state index in [1.165, 1.54) is 94.3 Å². The van der Waals surface area contributed by atoms with Crippen molar-refractivity contribution in [1.82, 2.24) is 0 Å². The highest BCUT2D eigenvalue weighted by Gasteiger charge is 2.52. The van der Waals surface area contributed by atoms with Crippen LogP contribution in [0, 0.1) is 71.0 Å². The maximum Gasteiger partial charge on any atom is 0.0433 e. The molecule has 0 aromatic carbocycles. The van der Waals surface area contributed by atoms with E-state index in [1.54, 1.807) is 6.42 Å². The van der Waals surface area contributed by atoms with Gasteiger partial charge in [-0.15, -0.1) is 0 Å². The average molecular weight is 647 g/mol. The summed E-state index contributed by atoms with van der Waals surface area (Å²) in [5.74, 6) is 13.8. The molecular weight excluding hydrogens is 591 g/mol. The zero-order valence-corrected chi connectivity index (χ0v) is 26.7. The Labute approximate surface area is 247 Å². The quantitative estimate of drug-likeness (QED) is 0.137. The molecule has 1 N–H and O–H groups in total. The maximum absolute atomic E-state index is 9.86. The molecule has 0 spiro atoms. The van der Waals surface area contributed by atoms with E-state index >= 15 is 0 Å². The third-order valence-electron chi connectivity index (χ3n) is 12.1. The molecule has 12 atom stereocenters. The van der Waals surface area contributed by atoms with Crippen LogP contribution in [0.15, 0.2) is 0 Å². The van der Waals surface area contributed by atoms with Gasteiger partial charge in [0.05, 0.1) is 0 Å². The van der Waals surface area contributed by atoms with Gasteiger partial charge in [0.25, 0.3) is 0 Å². The Morgan fingerprint density at radius 2 is 0.917 bits per heavy atom. The summed E-state index contributed by atoms with van der Waals surface area (Å²) in [6.07, 6.45) is 23.2. The lowest BCUT2D eigenvalue weighted by molar-refractivity contribution is 0.221. The SMILES string of the molecule is OCCC1CC2CCC(C1)CC1C(CCI)C1CC1CCC(CC(CCS)C1)CC1C(CCS)C1C2. The first kappa shape index (κ1) is 28.9. The van der Waals surface area contributed by atoms with Crippen molar-refractivity contribution < 1.29 is 5.11 Å². The van der Waals surface area contributed by atoms with E-state index in [1.807, 2.05) is 0 Å². The Bertz CT molecular complexity index is 575. The number of aliphatic hydroxyl groups is 1. The van der Waals surface area contributed by atoms with E-state index in [0.717, 1.165) is 88.9 Å². The number of hydrogen-bond acceptors (Lipinski definition) is 3. The fourth-order valence-corrected chi connectivity index (χ4v) is 11.7. The van der Waals surface area contributed by atoms with E-state index < -0.39 is 0 Å². The number of halogens is 1. The molecule has 208 valence electrons. The first-order valence-electron chi connectivity index (χ1n) is 16.0. The summed E-state index contributed by atoms with van der Waals surface area (Å²) in [5, 5.41) is 9.86. The van der Waals surface area contributed by atoms with Gasteiger partial charge in [-0.3, -0.25) is 0 Å². The molecule has 0 heterocycles. The summed E-state index contributed by atoms with van der Waals surface area (Å²) < 4.78 is 1.35. The Hall–Kier alpha value is 1.39. The Morgan fingerprint density at radius 1 is 0.528 bits per heavy atom. The van der Waals surface area contributed by atoms with Crippen LogP contribution in [0.1, 0.15) is 103 Å². The lowest BCUT2D eigenvalue weighted by Crippen LogP contribution is -2.12. The Kier molecular flexibility index (Phi) is 11.1. The number of hydrogen-bond donors (Lipinski definition) is 3. The molecule has 0 radical (unpaired) electrons. The molecular formula is C32H55IOS2. The zero-order chi connectivity index (χ0) is 25.1. The summed E-state index contributed by atoms with van der Waals surface area (Å²) in [5.41, 5.74) is 0. The van der Waals surface area contributed by atoms with Gasteiger partial charge in [-0.2, -0.15) is 25.3 Å². The van der Waals surface area contributed by atoms with E-state index in [0.29, 0.717) is 6.61 Å². The van der Waals surface area contributed by atoms with Gasteiger partial charge in [0.1, 0.15) is 0 Å². The van der Waals surface area contributed by atoms with E-state index in [2.05, 4.69) is 35.2 Å². The molecule has 5 aliphatic carbocycles. The van der Waals surface area contributed by atoms with Crippen molar-refractivity contribution >= 4 is 47.8 Å². The van der Waals surface area contributed by atoms with Crippen LogP contribution in [0.5, 0.6) is 0 Å². The molecule has 5 rings (SSSR count). The molecule has 36 heavy (non-hydrogen) atoms. The van der Waals surface area contributed by atoms with Crippen LogP contribution in [0.3, 0.4) is 0 Å². The molecule has 5 fully saturated rings. The molecule has 0 aromatic rings. The highest BCUT2D eigenvalue weighted by atomic mass is 127. The maximum atomic E-state index is 9.86. The van der Waals surface area contributed by atoms with Crippen molar-refractivity contribution in [2.45, 2.75) is 103 Å². The first-order chi connectivity index (χ1) is 17.6. The van der Waals surface area contributed by atoms with Gasteiger partial charge in [-0.05, 0) is 164 Å². The molecule has 4 heteroatoms. The summed E-state index contributed by atoms with van der Waals surface area (Å²) >= 11 is 12.0. The van der Waals surface area contributed by atoms with Crippen molar-refractivity contribution in [3.63, 3.8) is 0 Å². The molecule has 0 aromatic heterocycles. The van der Waals surface area contributed by atoms with E-state index in [9.17, 15) is 5.11 Å². The van der Waals surface area contributed by atoms with Crippen molar-refractivity contribution in [2.75, 3.05) is 22.5 Å². The number of aliphatic hydroxyl groups excluding tert-OH is 1. The van der Waals surface area contributed by atoms with Crippen LogP contribution < -0.4 is 0 Å². The van der Waals surface area contributed by atoms with Gasteiger partial charge >= 0.3 is 0 Å². The number of thiol groups is 2. The van der Waals surface area contributed by atoms with Gasteiger partial charge in [-0.1, -0.05) is 48.3 Å². The van der Waals surface area contributed by atoms with Crippen LogP contribution in [0.2, 0.25) is 0 Å². The summed E-state index contributed by atoms with van der Waals surface area (Å²) in [7, 11) is 0. The third kappa shape index (κ3) is 7.36.